The number of aliphatic carboxylic acids is 1. The van der Waals surface area contributed by atoms with Crippen molar-refractivity contribution < 1.29 is 19.4 Å². The highest BCUT2D eigenvalue weighted by molar-refractivity contribution is 5.80. The number of ether oxygens (including phenoxy) is 1. The molecule has 0 spiro atoms. The predicted octanol–water partition coefficient (Wildman–Crippen LogP) is 2.28. The van der Waals surface area contributed by atoms with Gasteiger partial charge in [0.15, 0.2) is 0 Å². The molecule has 5 nitrogen and oxygen atoms in total. The largest absolute Gasteiger partial charge is 0.481 e. The number of carbonyl (C=O) groups is 2. The standard InChI is InChI=1S/C17H23NO4/c1-22-12-14-6-4-5-13(9-14)10-15(19)18-17(11-16(20)21)7-2-3-8-17/h4-6,9H,2-3,7-8,10-12H2,1H3,(H,18,19)(H,20,21). The van der Waals surface area contributed by atoms with Crippen LogP contribution in [-0.2, 0) is 27.4 Å². The number of carboxylic acids is 1. The minimum Gasteiger partial charge on any atom is -0.481 e. The van der Waals surface area contributed by atoms with E-state index in [1.54, 1.807) is 7.11 Å². The Labute approximate surface area is 130 Å². The van der Waals surface area contributed by atoms with Crippen molar-refractivity contribution in [2.45, 2.75) is 50.7 Å². The second-order valence-electron chi connectivity index (χ2n) is 6.04. The van der Waals surface area contributed by atoms with E-state index in [0.29, 0.717) is 6.61 Å². The first-order chi connectivity index (χ1) is 10.5. The molecule has 0 atom stereocenters. The van der Waals surface area contributed by atoms with E-state index in [-0.39, 0.29) is 18.7 Å². The topological polar surface area (TPSA) is 75.6 Å². The molecule has 1 aromatic rings. The van der Waals surface area contributed by atoms with E-state index in [1.165, 1.54) is 0 Å². The lowest BCUT2D eigenvalue weighted by atomic mass is 9.92. The minimum absolute atomic E-state index is 0.00243. The maximum Gasteiger partial charge on any atom is 0.305 e. The van der Waals surface area contributed by atoms with Gasteiger partial charge in [-0.15, -0.1) is 0 Å². The Kier molecular flexibility index (Phi) is 5.55. The highest BCUT2D eigenvalue weighted by Crippen LogP contribution is 2.32. The molecule has 0 unspecified atom stereocenters. The average Bonchev–Trinajstić information content (AvgIpc) is 2.86. The third kappa shape index (κ3) is 4.56. The SMILES string of the molecule is COCc1cccc(CC(=O)NC2(CC(=O)O)CCCC2)c1. The summed E-state index contributed by atoms with van der Waals surface area (Å²) in [6.45, 7) is 0.512. The Balaban J connectivity index is 1.99. The zero-order valence-corrected chi connectivity index (χ0v) is 12.9. The summed E-state index contributed by atoms with van der Waals surface area (Å²) in [7, 11) is 1.63. The van der Waals surface area contributed by atoms with Crippen LogP contribution >= 0.6 is 0 Å². The fourth-order valence-electron chi connectivity index (χ4n) is 3.21. The molecular weight excluding hydrogens is 282 g/mol. The van der Waals surface area contributed by atoms with E-state index in [0.717, 1.165) is 36.8 Å². The molecule has 0 saturated heterocycles. The lowest BCUT2D eigenvalue weighted by Gasteiger charge is -2.28. The molecule has 2 N–H and O–H groups in total. The first kappa shape index (κ1) is 16.5. The Morgan fingerprint density at radius 2 is 1.95 bits per heavy atom. The second kappa shape index (κ2) is 7.40. The summed E-state index contributed by atoms with van der Waals surface area (Å²) in [5.74, 6) is -0.970. The summed E-state index contributed by atoms with van der Waals surface area (Å²) >= 11 is 0. The molecule has 0 aromatic heterocycles. The smallest absolute Gasteiger partial charge is 0.305 e. The summed E-state index contributed by atoms with van der Waals surface area (Å²) in [6.07, 6.45) is 3.69. The van der Waals surface area contributed by atoms with Crippen LogP contribution in [0.15, 0.2) is 24.3 Å². The second-order valence-corrected chi connectivity index (χ2v) is 6.04. The van der Waals surface area contributed by atoms with Gasteiger partial charge in [-0.2, -0.15) is 0 Å². The molecule has 1 aliphatic carbocycles. The van der Waals surface area contributed by atoms with Gasteiger partial charge in [0.25, 0.3) is 0 Å². The van der Waals surface area contributed by atoms with Crippen molar-refractivity contribution in [3.63, 3.8) is 0 Å². The van der Waals surface area contributed by atoms with Crippen LogP contribution in [0.1, 0.15) is 43.2 Å². The number of benzene rings is 1. The molecule has 22 heavy (non-hydrogen) atoms. The summed E-state index contributed by atoms with van der Waals surface area (Å²) in [6, 6.07) is 7.70. The van der Waals surface area contributed by atoms with Crippen molar-refractivity contribution in [1.82, 2.24) is 5.32 Å². The van der Waals surface area contributed by atoms with E-state index in [1.807, 2.05) is 24.3 Å². The van der Waals surface area contributed by atoms with Gasteiger partial charge in [0.1, 0.15) is 0 Å². The van der Waals surface area contributed by atoms with Gasteiger partial charge in [-0.3, -0.25) is 9.59 Å². The van der Waals surface area contributed by atoms with Crippen LogP contribution in [0.4, 0.5) is 0 Å². The zero-order valence-electron chi connectivity index (χ0n) is 12.9. The lowest BCUT2D eigenvalue weighted by molar-refractivity contribution is -0.139. The van der Waals surface area contributed by atoms with Crippen molar-refractivity contribution in [3.8, 4) is 0 Å². The Hall–Kier alpha value is -1.88. The van der Waals surface area contributed by atoms with Gasteiger partial charge in [0.2, 0.25) is 5.91 Å². The van der Waals surface area contributed by atoms with E-state index in [9.17, 15) is 9.59 Å². The Bertz CT molecular complexity index is 535. The van der Waals surface area contributed by atoms with Crippen LogP contribution in [0.3, 0.4) is 0 Å². The van der Waals surface area contributed by atoms with Gasteiger partial charge in [-0.05, 0) is 24.0 Å². The summed E-state index contributed by atoms with van der Waals surface area (Å²) < 4.78 is 5.09. The van der Waals surface area contributed by atoms with Crippen LogP contribution in [-0.4, -0.2) is 29.6 Å². The fraction of sp³-hybridized carbons (Fsp3) is 0.529. The molecule has 1 aromatic carbocycles. The molecule has 1 saturated carbocycles. The van der Waals surface area contributed by atoms with Crippen molar-refractivity contribution >= 4 is 11.9 Å². The highest BCUT2D eigenvalue weighted by atomic mass is 16.5. The number of carbonyl (C=O) groups excluding carboxylic acids is 1. The number of rotatable bonds is 7. The third-order valence-corrected chi connectivity index (χ3v) is 4.12. The molecule has 0 aliphatic heterocycles. The first-order valence-corrected chi connectivity index (χ1v) is 7.63. The van der Waals surface area contributed by atoms with Gasteiger partial charge in [0.05, 0.1) is 25.0 Å². The van der Waals surface area contributed by atoms with Gasteiger partial charge >= 0.3 is 5.97 Å². The minimum atomic E-state index is -0.857. The predicted molar refractivity (Wildman–Crippen MR) is 82.5 cm³/mol. The molecule has 0 bridgehead atoms. The van der Waals surface area contributed by atoms with Crippen LogP contribution < -0.4 is 5.32 Å². The summed E-state index contributed by atoms with van der Waals surface area (Å²) in [5.41, 5.74) is 1.37. The van der Waals surface area contributed by atoms with Gasteiger partial charge in [0, 0.05) is 7.11 Å². The van der Waals surface area contributed by atoms with Gasteiger partial charge in [-0.25, -0.2) is 0 Å². The molecular formula is C17H23NO4. The maximum atomic E-state index is 12.3. The van der Waals surface area contributed by atoms with E-state index >= 15 is 0 Å². The lowest BCUT2D eigenvalue weighted by Crippen LogP contribution is -2.48. The number of hydrogen-bond donors (Lipinski definition) is 2. The molecule has 1 aliphatic rings. The highest BCUT2D eigenvalue weighted by Gasteiger charge is 2.37. The molecule has 2 rings (SSSR count). The van der Waals surface area contributed by atoms with Crippen LogP contribution in [0, 0.1) is 0 Å². The van der Waals surface area contributed by atoms with Gasteiger partial charge in [-0.1, -0.05) is 37.1 Å². The number of carboxylic acid groups (broad SMARTS) is 1. The van der Waals surface area contributed by atoms with E-state index in [4.69, 9.17) is 9.84 Å². The number of hydrogen-bond acceptors (Lipinski definition) is 3. The van der Waals surface area contributed by atoms with Crippen LogP contribution in [0.5, 0.6) is 0 Å². The van der Waals surface area contributed by atoms with Crippen molar-refractivity contribution in [3.05, 3.63) is 35.4 Å². The number of amides is 1. The monoisotopic (exact) mass is 305 g/mol. The normalized spacial score (nSPS) is 16.4. The Morgan fingerprint density at radius 3 is 2.59 bits per heavy atom. The van der Waals surface area contributed by atoms with Gasteiger partial charge < -0.3 is 15.2 Å². The third-order valence-electron chi connectivity index (χ3n) is 4.12. The van der Waals surface area contributed by atoms with E-state index < -0.39 is 11.5 Å². The number of nitrogens with one attached hydrogen (secondary N) is 1. The van der Waals surface area contributed by atoms with E-state index in [2.05, 4.69) is 5.32 Å². The molecule has 1 fully saturated rings. The summed E-state index contributed by atoms with van der Waals surface area (Å²) in [4.78, 5) is 23.3. The Morgan fingerprint density at radius 1 is 1.27 bits per heavy atom. The molecule has 120 valence electrons. The van der Waals surface area contributed by atoms with Crippen molar-refractivity contribution in [2.24, 2.45) is 0 Å². The molecule has 0 heterocycles. The fourth-order valence-corrected chi connectivity index (χ4v) is 3.21. The van der Waals surface area contributed by atoms with Crippen molar-refractivity contribution in [2.75, 3.05) is 7.11 Å². The van der Waals surface area contributed by atoms with Crippen LogP contribution in [0.25, 0.3) is 0 Å². The quantitative estimate of drug-likeness (QED) is 0.810. The first-order valence-electron chi connectivity index (χ1n) is 7.63. The van der Waals surface area contributed by atoms with Crippen molar-refractivity contribution in [1.29, 1.82) is 0 Å². The zero-order chi connectivity index (χ0) is 16.0. The average molecular weight is 305 g/mol. The summed E-state index contributed by atoms with van der Waals surface area (Å²) in [5, 5.41) is 12.0. The maximum absolute atomic E-state index is 12.3. The molecule has 0 radical (unpaired) electrons. The number of methoxy groups -OCH3 is 1. The van der Waals surface area contributed by atoms with Crippen LogP contribution in [0.2, 0.25) is 0 Å². The molecule has 1 amide bonds. The molecule has 5 heteroatoms.